The van der Waals surface area contributed by atoms with Crippen molar-refractivity contribution in [1.82, 2.24) is 9.55 Å². The first kappa shape index (κ1) is 20.4. The Morgan fingerprint density at radius 2 is 2.07 bits per heavy atom. The number of allylic oxidation sites excluding steroid dienone is 1. The number of rotatable bonds is 4. The van der Waals surface area contributed by atoms with Gasteiger partial charge in [0.05, 0.1) is 22.7 Å². The third-order valence-corrected chi connectivity index (χ3v) is 6.19. The van der Waals surface area contributed by atoms with Gasteiger partial charge in [-0.25, -0.2) is 9.78 Å². The summed E-state index contributed by atoms with van der Waals surface area (Å²) in [7, 11) is 1.96. The summed E-state index contributed by atoms with van der Waals surface area (Å²) < 4.78 is 7.07. The highest BCUT2D eigenvalue weighted by Crippen LogP contribution is 2.40. The number of nitrogens with zero attached hydrogens (tertiary/aromatic N) is 3. The number of halogens is 2. The van der Waals surface area contributed by atoms with Crippen LogP contribution in [-0.4, -0.2) is 22.1 Å². The summed E-state index contributed by atoms with van der Waals surface area (Å²) in [6.45, 7) is 6.16. The van der Waals surface area contributed by atoms with Crippen molar-refractivity contribution < 1.29 is 9.53 Å². The fraction of sp³-hybridized carbons (Fsp3) is 0.381. The van der Waals surface area contributed by atoms with Crippen LogP contribution in [0.5, 0.6) is 0 Å². The van der Waals surface area contributed by atoms with Gasteiger partial charge in [-0.05, 0) is 42.0 Å². The van der Waals surface area contributed by atoms with E-state index in [2.05, 4.69) is 31.0 Å². The number of carbonyl (C=O) groups excluding carboxylic acids is 1. The zero-order chi connectivity index (χ0) is 20.6. The average Bonchev–Trinajstić information content (AvgIpc) is 2.97. The summed E-state index contributed by atoms with van der Waals surface area (Å²) in [5.41, 5.74) is 4.67. The molecule has 0 radical (unpaired) electrons. The molecule has 2 aromatic heterocycles. The van der Waals surface area contributed by atoms with Gasteiger partial charge in [-0.3, -0.25) is 0 Å². The Labute approximate surface area is 174 Å². The van der Waals surface area contributed by atoms with Gasteiger partial charge >= 0.3 is 5.97 Å². The van der Waals surface area contributed by atoms with E-state index in [0.717, 1.165) is 17.0 Å². The van der Waals surface area contributed by atoms with Crippen LogP contribution < -0.4 is 0 Å². The highest BCUT2D eigenvalue weighted by Gasteiger charge is 2.29. The molecule has 1 aliphatic rings. The first-order valence-electron chi connectivity index (χ1n) is 9.10. The number of hydrogen-bond acceptors (Lipinski definition) is 4. The van der Waals surface area contributed by atoms with Gasteiger partial charge in [-0.15, -0.1) is 0 Å². The van der Waals surface area contributed by atoms with Crippen LogP contribution in [0, 0.1) is 17.2 Å². The molecule has 7 heteroatoms. The summed E-state index contributed by atoms with van der Waals surface area (Å²) in [6.07, 6.45) is 3.81. The number of carbonyl (C=O) groups is 1. The number of pyridine rings is 1. The second-order valence-corrected chi connectivity index (χ2v) is 7.75. The standard InChI is InChI=1S/C21H21Cl2N3O2/c1-5-28-21(27)20-19(23)16(17(22)10-25-20)8-14-7-15-12(3)11(2)13(9-24)6-18(15)26(14)4/h6-7,10-12H,5,8H2,1-4H3. The van der Waals surface area contributed by atoms with Crippen LogP contribution in [0.25, 0.3) is 6.08 Å². The van der Waals surface area contributed by atoms with E-state index in [1.165, 1.54) is 11.8 Å². The first-order chi connectivity index (χ1) is 13.3. The topological polar surface area (TPSA) is 67.9 Å². The molecular weight excluding hydrogens is 397 g/mol. The van der Waals surface area contributed by atoms with E-state index in [1.54, 1.807) is 6.92 Å². The number of nitriles is 1. The Bertz CT molecular complexity index is 1020. The number of ether oxygens (including phenoxy) is 1. The summed E-state index contributed by atoms with van der Waals surface area (Å²) in [4.78, 5) is 16.1. The van der Waals surface area contributed by atoms with Crippen molar-refractivity contribution in [3.8, 4) is 6.07 Å². The molecule has 0 bridgehead atoms. The van der Waals surface area contributed by atoms with Gasteiger partial charge in [0.15, 0.2) is 5.69 Å². The molecule has 0 saturated heterocycles. The molecule has 5 nitrogen and oxygen atoms in total. The molecule has 28 heavy (non-hydrogen) atoms. The van der Waals surface area contributed by atoms with E-state index >= 15 is 0 Å². The smallest absolute Gasteiger partial charge is 0.358 e. The summed E-state index contributed by atoms with van der Waals surface area (Å²) >= 11 is 12.8. The lowest BCUT2D eigenvalue weighted by atomic mass is 9.79. The van der Waals surface area contributed by atoms with Crippen LogP contribution >= 0.6 is 23.2 Å². The second-order valence-electron chi connectivity index (χ2n) is 6.97. The average molecular weight is 418 g/mol. The van der Waals surface area contributed by atoms with Crippen molar-refractivity contribution in [2.24, 2.45) is 13.0 Å². The predicted octanol–water partition coefficient (Wildman–Crippen LogP) is 5.15. The number of esters is 1. The minimum Gasteiger partial charge on any atom is -0.461 e. The normalized spacial score (nSPS) is 18.2. The SMILES string of the molecule is CCOC(=O)c1ncc(Cl)c(Cc2cc3c(n2C)C=C(C#N)C(C)C3C)c1Cl. The molecule has 2 aromatic rings. The maximum Gasteiger partial charge on any atom is 0.358 e. The Morgan fingerprint density at radius 1 is 1.36 bits per heavy atom. The third-order valence-electron chi connectivity index (χ3n) is 5.46. The second kappa shape index (κ2) is 7.98. The van der Waals surface area contributed by atoms with Crippen molar-refractivity contribution in [2.75, 3.05) is 6.61 Å². The molecule has 0 aromatic carbocycles. The van der Waals surface area contributed by atoms with Crippen LogP contribution in [0.15, 0.2) is 17.8 Å². The Balaban J connectivity index is 2.04. The van der Waals surface area contributed by atoms with Gasteiger partial charge in [0.25, 0.3) is 0 Å². The minimum atomic E-state index is -0.569. The van der Waals surface area contributed by atoms with Gasteiger partial charge in [-0.1, -0.05) is 37.0 Å². The van der Waals surface area contributed by atoms with Crippen molar-refractivity contribution in [3.63, 3.8) is 0 Å². The van der Waals surface area contributed by atoms with Crippen LogP contribution in [0.3, 0.4) is 0 Å². The van der Waals surface area contributed by atoms with E-state index in [1.807, 2.05) is 17.7 Å². The molecule has 0 aliphatic heterocycles. The molecule has 1 aliphatic carbocycles. The molecular formula is C21H21Cl2N3O2. The van der Waals surface area contributed by atoms with E-state index in [4.69, 9.17) is 27.9 Å². The molecule has 3 rings (SSSR count). The van der Waals surface area contributed by atoms with Crippen LogP contribution in [0.4, 0.5) is 0 Å². The quantitative estimate of drug-likeness (QED) is 0.644. The zero-order valence-electron chi connectivity index (χ0n) is 16.2. The monoisotopic (exact) mass is 417 g/mol. The number of fused-ring (bicyclic) bond motifs is 1. The molecule has 2 heterocycles. The Hall–Kier alpha value is -2.29. The van der Waals surface area contributed by atoms with Crippen molar-refractivity contribution in [1.29, 1.82) is 5.26 Å². The summed E-state index contributed by atoms with van der Waals surface area (Å²) in [5.74, 6) is -0.176. The van der Waals surface area contributed by atoms with Crippen LogP contribution in [-0.2, 0) is 18.2 Å². The molecule has 0 fully saturated rings. The van der Waals surface area contributed by atoms with Crippen LogP contribution in [0.2, 0.25) is 10.0 Å². The van der Waals surface area contributed by atoms with Gasteiger partial charge in [0.1, 0.15) is 0 Å². The third kappa shape index (κ3) is 3.43. The Morgan fingerprint density at radius 3 is 2.71 bits per heavy atom. The lowest BCUT2D eigenvalue weighted by Crippen LogP contribution is -2.14. The number of hydrogen-bond donors (Lipinski definition) is 0. The largest absolute Gasteiger partial charge is 0.461 e. The Kier molecular flexibility index (Phi) is 5.83. The first-order valence-corrected chi connectivity index (χ1v) is 9.85. The minimum absolute atomic E-state index is 0.0653. The molecule has 0 spiro atoms. The molecule has 2 atom stereocenters. The fourth-order valence-electron chi connectivity index (χ4n) is 3.55. The highest BCUT2D eigenvalue weighted by atomic mass is 35.5. The summed E-state index contributed by atoms with van der Waals surface area (Å²) in [5, 5.41) is 10.0. The van der Waals surface area contributed by atoms with Gasteiger partial charge in [0, 0.05) is 36.6 Å². The zero-order valence-corrected chi connectivity index (χ0v) is 17.7. The molecule has 0 saturated carbocycles. The highest BCUT2D eigenvalue weighted by molar-refractivity contribution is 6.37. The van der Waals surface area contributed by atoms with Gasteiger partial charge < -0.3 is 9.30 Å². The van der Waals surface area contributed by atoms with Crippen LogP contribution in [0.1, 0.15) is 59.7 Å². The number of aromatic nitrogens is 2. The molecule has 2 unspecified atom stereocenters. The van der Waals surface area contributed by atoms with Crippen molar-refractivity contribution >= 4 is 35.2 Å². The fourth-order valence-corrected chi connectivity index (χ4v) is 4.11. The lowest BCUT2D eigenvalue weighted by Gasteiger charge is -2.24. The van der Waals surface area contributed by atoms with Crippen molar-refractivity contribution in [2.45, 2.75) is 33.1 Å². The lowest BCUT2D eigenvalue weighted by molar-refractivity contribution is 0.0519. The van der Waals surface area contributed by atoms with E-state index in [0.29, 0.717) is 17.0 Å². The van der Waals surface area contributed by atoms with Gasteiger partial charge in [0.2, 0.25) is 0 Å². The molecule has 0 amide bonds. The maximum atomic E-state index is 12.1. The summed E-state index contributed by atoms with van der Waals surface area (Å²) in [6, 6.07) is 4.43. The predicted molar refractivity (Wildman–Crippen MR) is 110 cm³/mol. The van der Waals surface area contributed by atoms with E-state index in [-0.39, 0.29) is 29.2 Å². The van der Waals surface area contributed by atoms with Gasteiger partial charge in [-0.2, -0.15) is 5.26 Å². The molecule has 146 valence electrons. The molecule has 0 N–H and O–H groups in total. The van der Waals surface area contributed by atoms with Crippen molar-refractivity contribution in [3.05, 3.63) is 56.1 Å². The maximum absolute atomic E-state index is 12.1. The van der Waals surface area contributed by atoms with E-state index < -0.39 is 5.97 Å². The van der Waals surface area contributed by atoms with E-state index in [9.17, 15) is 10.1 Å².